The summed E-state index contributed by atoms with van der Waals surface area (Å²) in [4.78, 5) is 8.94. The zero-order valence-corrected chi connectivity index (χ0v) is 14.7. The average molecular weight is 338 g/mol. The minimum Gasteiger partial charge on any atom is -0.255 e. The molecule has 1 aromatic carbocycles. The first kappa shape index (κ1) is 16.1. The van der Waals surface area contributed by atoms with Gasteiger partial charge in [0, 0.05) is 18.0 Å². The molecule has 126 valence electrons. The topological polar surface area (TPSA) is 51.6 Å². The zero-order valence-electron chi connectivity index (χ0n) is 14.7. The Hall–Kier alpha value is -3.40. The van der Waals surface area contributed by atoms with Gasteiger partial charge < -0.3 is 0 Å². The lowest BCUT2D eigenvalue weighted by atomic mass is 10.0. The molecule has 0 saturated heterocycles. The molecule has 0 unspecified atom stereocenters. The molecular weight excluding hydrogens is 320 g/mol. The van der Waals surface area contributed by atoms with E-state index in [1.165, 1.54) is 0 Å². The van der Waals surface area contributed by atoms with Crippen LogP contribution in [0.5, 0.6) is 0 Å². The van der Waals surface area contributed by atoms with E-state index in [2.05, 4.69) is 32.3 Å². The Morgan fingerprint density at radius 3 is 1.96 bits per heavy atom. The highest BCUT2D eigenvalue weighted by atomic mass is 15.1. The van der Waals surface area contributed by atoms with Crippen molar-refractivity contribution in [3.05, 3.63) is 84.2 Å². The highest BCUT2D eigenvalue weighted by Crippen LogP contribution is 2.31. The molecule has 3 aromatic heterocycles. The third-order valence-electron chi connectivity index (χ3n) is 4.21. The van der Waals surface area contributed by atoms with Crippen LogP contribution in [0.2, 0.25) is 0 Å². The lowest BCUT2D eigenvalue weighted by Gasteiger charge is -2.10. The Morgan fingerprint density at radius 1 is 0.615 bits per heavy atom. The predicted octanol–water partition coefficient (Wildman–Crippen LogP) is 4.88. The maximum absolute atomic E-state index is 4.52. The third kappa shape index (κ3) is 3.22. The third-order valence-corrected chi connectivity index (χ3v) is 4.21. The van der Waals surface area contributed by atoms with Gasteiger partial charge in [-0.1, -0.05) is 30.3 Å². The summed E-state index contributed by atoms with van der Waals surface area (Å²) < 4.78 is 0. The van der Waals surface area contributed by atoms with Gasteiger partial charge in [0.25, 0.3) is 0 Å². The Kier molecular flexibility index (Phi) is 4.23. The van der Waals surface area contributed by atoms with Crippen molar-refractivity contribution in [2.75, 3.05) is 0 Å². The lowest BCUT2D eigenvalue weighted by Crippen LogP contribution is -1.98. The highest BCUT2D eigenvalue weighted by Gasteiger charge is 2.14. The van der Waals surface area contributed by atoms with Crippen LogP contribution >= 0.6 is 0 Å². The average Bonchev–Trinajstić information content (AvgIpc) is 2.68. The van der Waals surface area contributed by atoms with Crippen LogP contribution in [0.1, 0.15) is 11.1 Å². The van der Waals surface area contributed by atoms with E-state index >= 15 is 0 Å². The van der Waals surface area contributed by atoms with Crippen molar-refractivity contribution < 1.29 is 0 Å². The van der Waals surface area contributed by atoms with Crippen LogP contribution < -0.4 is 0 Å². The van der Waals surface area contributed by atoms with Gasteiger partial charge in [-0.3, -0.25) is 9.97 Å². The van der Waals surface area contributed by atoms with Crippen LogP contribution in [-0.4, -0.2) is 20.2 Å². The van der Waals surface area contributed by atoms with Crippen LogP contribution in [0.3, 0.4) is 0 Å². The maximum atomic E-state index is 4.52. The number of aromatic nitrogens is 4. The van der Waals surface area contributed by atoms with E-state index < -0.39 is 0 Å². The predicted molar refractivity (Wildman–Crippen MR) is 103 cm³/mol. The van der Waals surface area contributed by atoms with Gasteiger partial charge in [0.1, 0.15) is 11.4 Å². The van der Waals surface area contributed by atoms with Gasteiger partial charge in [0.2, 0.25) is 0 Å². The highest BCUT2D eigenvalue weighted by molar-refractivity contribution is 5.81. The molecule has 0 aliphatic carbocycles. The number of hydrogen-bond donors (Lipinski definition) is 0. The molecule has 0 bridgehead atoms. The molecule has 4 rings (SSSR count). The van der Waals surface area contributed by atoms with Crippen molar-refractivity contribution in [1.29, 1.82) is 0 Å². The number of rotatable bonds is 3. The Morgan fingerprint density at radius 2 is 1.27 bits per heavy atom. The Labute approximate surface area is 152 Å². The zero-order chi connectivity index (χ0) is 17.9. The van der Waals surface area contributed by atoms with Crippen LogP contribution in [-0.2, 0) is 0 Å². The smallest absolute Gasteiger partial charge is 0.119 e. The molecule has 4 heteroatoms. The van der Waals surface area contributed by atoms with E-state index in [-0.39, 0.29) is 0 Å². The van der Waals surface area contributed by atoms with Crippen molar-refractivity contribution in [3.63, 3.8) is 0 Å². The van der Waals surface area contributed by atoms with Crippen molar-refractivity contribution in [2.24, 2.45) is 0 Å². The molecule has 0 amide bonds. The largest absolute Gasteiger partial charge is 0.255 e. The summed E-state index contributed by atoms with van der Waals surface area (Å²) in [6, 6.07) is 20.2. The molecule has 0 aliphatic rings. The fourth-order valence-corrected chi connectivity index (χ4v) is 2.89. The van der Waals surface area contributed by atoms with E-state index in [9.17, 15) is 0 Å². The van der Waals surface area contributed by atoms with Gasteiger partial charge in [0.05, 0.1) is 11.4 Å². The monoisotopic (exact) mass is 338 g/mol. The van der Waals surface area contributed by atoms with E-state index in [0.29, 0.717) is 0 Å². The van der Waals surface area contributed by atoms with Gasteiger partial charge >= 0.3 is 0 Å². The van der Waals surface area contributed by atoms with Gasteiger partial charge in [-0.2, -0.15) is 0 Å². The van der Waals surface area contributed by atoms with E-state index in [0.717, 1.165) is 45.0 Å². The fraction of sp³-hybridized carbons (Fsp3) is 0.0909. The minimum absolute atomic E-state index is 0.754. The molecule has 0 aliphatic heterocycles. The van der Waals surface area contributed by atoms with Crippen molar-refractivity contribution >= 4 is 0 Å². The molecule has 0 atom stereocenters. The number of benzene rings is 1. The summed E-state index contributed by atoms with van der Waals surface area (Å²) in [5.74, 6) is 0. The lowest BCUT2D eigenvalue weighted by molar-refractivity contribution is 1.03. The number of pyridine rings is 2. The van der Waals surface area contributed by atoms with Gasteiger partial charge in [-0.25, -0.2) is 0 Å². The SMILES string of the molecule is Cc1ccnc(-c2cc(-c3ccccc3)c(-c3cc(C)ccn3)nn2)c1. The normalized spacial score (nSPS) is 10.7. The molecular formula is C22H18N4. The molecule has 3 heterocycles. The van der Waals surface area contributed by atoms with E-state index in [1.54, 1.807) is 12.4 Å². The van der Waals surface area contributed by atoms with Crippen molar-refractivity contribution in [3.8, 4) is 33.9 Å². The molecule has 0 radical (unpaired) electrons. The number of aryl methyl sites for hydroxylation is 2. The minimum atomic E-state index is 0.754. The molecule has 0 saturated carbocycles. The molecule has 0 N–H and O–H groups in total. The number of hydrogen-bond acceptors (Lipinski definition) is 4. The molecule has 0 spiro atoms. The molecule has 4 nitrogen and oxygen atoms in total. The van der Waals surface area contributed by atoms with Gasteiger partial charge in [0.15, 0.2) is 0 Å². The van der Waals surface area contributed by atoms with Gasteiger partial charge in [-0.15, -0.1) is 10.2 Å². The summed E-state index contributed by atoms with van der Waals surface area (Å²) in [7, 11) is 0. The maximum Gasteiger partial charge on any atom is 0.119 e. The van der Waals surface area contributed by atoms with Crippen LogP contribution in [0.15, 0.2) is 73.1 Å². The Bertz CT molecular complexity index is 1060. The fourth-order valence-electron chi connectivity index (χ4n) is 2.89. The van der Waals surface area contributed by atoms with Crippen LogP contribution in [0.25, 0.3) is 33.9 Å². The van der Waals surface area contributed by atoms with Crippen LogP contribution in [0, 0.1) is 13.8 Å². The second-order valence-corrected chi connectivity index (χ2v) is 6.29. The van der Waals surface area contributed by atoms with Crippen molar-refractivity contribution in [1.82, 2.24) is 20.2 Å². The molecule has 4 aromatic rings. The van der Waals surface area contributed by atoms with Crippen molar-refractivity contribution in [2.45, 2.75) is 13.8 Å². The summed E-state index contributed by atoms with van der Waals surface area (Å²) in [6.07, 6.45) is 3.60. The first-order valence-corrected chi connectivity index (χ1v) is 8.50. The summed E-state index contributed by atoms with van der Waals surface area (Å²) in [5, 5.41) is 8.95. The summed E-state index contributed by atoms with van der Waals surface area (Å²) >= 11 is 0. The first-order chi connectivity index (χ1) is 12.7. The molecule has 26 heavy (non-hydrogen) atoms. The van der Waals surface area contributed by atoms with Crippen LogP contribution in [0.4, 0.5) is 0 Å². The second kappa shape index (κ2) is 6.84. The Balaban J connectivity index is 1.92. The first-order valence-electron chi connectivity index (χ1n) is 8.50. The summed E-state index contributed by atoms with van der Waals surface area (Å²) in [5.41, 5.74) is 7.52. The summed E-state index contributed by atoms with van der Waals surface area (Å²) in [6.45, 7) is 4.09. The van der Waals surface area contributed by atoms with Gasteiger partial charge in [-0.05, 0) is 60.9 Å². The van der Waals surface area contributed by atoms with E-state index in [4.69, 9.17) is 0 Å². The number of nitrogens with zero attached hydrogens (tertiary/aromatic N) is 4. The second-order valence-electron chi connectivity index (χ2n) is 6.29. The van der Waals surface area contributed by atoms with E-state index in [1.807, 2.05) is 62.4 Å². The quantitative estimate of drug-likeness (QED) is 0.534. The molecule has 0 fully saturated rings. The standard InChI is InChI=1S/C22H18N4/c1-15-8-10-23-19(12-15)20-14-18(17-6-4-3-5-7-17)22(26-25-20)21-13-16(2)9-11-24-21/h3-14H,1-2H3.